The first kappa shape index (κ1) is 31.2. The van der Waals surface area contributed by atoms with Crippen molar-refractivity contribution in [3.8, 4) is 5.88 Å². The van der Waals surface area contributed by atoms with Gasteiger partial charge in [0, 0.05) is 62.1 Å². The van der Waals surface area contributed by atoms with Gasteiger partial charge >= 0.3 is 5.16 Å². The second-order valence-electron chi connectivity index (χ2n) is 11.0. The van der Waals surface area contributed by atoms with Gasteiger partial charge in [-0.05, 0) is 37.6 Å². The fourth-order valence-corrected chi connectivity index (χ4v) is 5.64. The zero-order valence-corrected chi connectivity index (χ0v) is 25.8. The third-order valence-electron chi connectivity index (χ3n) is 6.94. The van der Waals surface area contributed by atoms with E-state index in [1.165, 1.54) is 6.26 Å². The van der Waals surface area contributed by atoms with Crippen LogP contribution in [0.1, 0.15) is 26.1 Å². The van der Waals surface area contributed by atoms with Gasteiger partial charge in [0.25, 0.3) is 0 Å². The fraction of sp³-hybridized carbons (Fsp3) is 0.367. The van der Waals surface area contributed by atoms with Crippen LogP contribution in [0.4, 0.5) is 22.7 Å². The molecular weight excluding hydrogens is 582 g/mol. The molecular formula is C30H37N9O4S. The molecule has 1 saturated heterocycles. The lowest BCUT2D eigenvalue weighted by Crippen LogP contribution is -2.44. The van der Waals surface area contributed by atoms with Crippen molar-refractivity contribution in [3.63, 3.8) is 0 Å². The van der Waals surface area contributed by atoms with Gasteiger partial charge in [0.1, 0.15) is 18.6 Å². The Balaban J connectivity index is 1.45. The van der Waals surface area contributed by atoms with Gasteiger partial charge in [-0.25, -0.2) is 9.97 Å². The first-order valence-electron chi connectivity index (χ1n) is 14.4. The Morgan fingerprint density at radius 3 is 2.57 bits per heavy atom. The van der Waals surface area contributed by atoms with Crippen molar-refractivity contribution in [2.75, 3.05) is 48.8 Å². The van der Waals surface area contributed by atoms with E-state index in [9.17, 15) is 9.35 Å². The molecule has 2 atom stereocenters. The molecule has 4 aromatic rings. The molecule has 1 amide bonds. The van der Waals surface area contributed by atoms with Crippen LogP contribution in [0.2, 0.25) is 0 Å². The van der Waals surface area contributed by atoms with Crippen molar-refractivity contribution in [2.45, 2.75) is 43.0 Å². The number of carbonyl (C=O) groups is 1. The average molecular weight is 620 g/mol. The van der Waals surface area contributed by atoms with E-state index in [1.807, 2.05) is 13.8 Å². The third-order valence-corrected chi connectivity index (χ3v) is 8.13. The third kappa shape index (κ3) is 8.23. The van der Waals surface area contributed by atoms with E-state index in [-0.39, 0.29) is 23.6 Å². The number of hydrogen-bond donors (Lipinski definition) is 3. The number of nitrogens with one attached hydrogen (secondary N) is 2. The molecule has 4 heterocycles. The standard InChI is InChI=1S/C30H37N9O4S/c1-20(2)13-25(31)28(40)36-23-14-22(35-21-5-12-42-18-21)15-24(16-23)44(41)30-34-17-26(39-10-8-38(3)9-11-39)29(37-30)43-19-27-32-6-4-7-33-27/h4-7,12,14-18,20,25,35H,8-11,13,19,31H2,1-3H3,(H,36,40). The zero-order chi connectivity index (χ0) is 31.1. The molecule has 14 heteroatoms. The smallest absolute Gasteiger partial charge is 0.352 e. The van der Waals surface area contributed by atoms with E-state index in [1.54, 1.807) is 55.2 Å². The van der Waals surface area contributed by atoms with Crippen LogP contribution >= 0.6 is 0 Å². The van der Waals surface area contributed by atoms with Crippen molar-refractivity contribution in [3.05, 3.63) is 67.3 Å². The second-order valence-corrected chi connectivity index (χ2v) is 12.3. The van der Waals surface area contributed by atoms with Gasteiger partial charge in [0.2, 0.25) is 11.8 Å². The number of piperazine rings is 1. The Morgan fingerprint density at radius 2 is 1.86 bits per heavy atom. The van der Waals surface area contributed by atoms with Gasteiger partial charge in [0.05, 0.1) is 35.4 Å². The van der Waals surface area contributed by atoms with E-state index in [0.717, 1.165) is 26.2 Å². The summed E-state index contributed by atoms with van der Waals surface area (Å²) >= 11 is -1.83. The monoisotopic (exact) mass is 619 g/mol. The van der Waals surface area contributed by atoms with Crippen molar-refractivity contribution in [2.24, 2.45) is 11.7 Å². The molecule has 2 unspecified atom stereocenters. The largest absolute Gasteiger partial charge is 0.604 e. The first-order valence-corrected chi connectivity index (χ1v) is 15.5. The predicted octanol–water partition coefficient (Wildman–Crippen LogP) is 3.41. The summed E-state index contributed by atoms with van der Waals surface area (Å²) in [5.41, 5.74) is 8.53. The summed E-state index contributed by atoms with van der Waals surface area (Å²) in [5, 5.41) is 6.13. The highest BCUT2D eigenvalue weighted by Crippen LogP contribution is 2.32. The number of amides is 1. The number of hydrogen-bond acceptors (Lipinski definition) is 12. The molecule has 5 rings (SSSR count). The Kier molecular flexibility index (Phi) is 10.3. The number of benzene rings is 1. The molecule has 0 saturated carbocycles. The van der Waals surface area contributed by atoms with Crippen LogP contribution < -0.4 is 26.0 Å². The highest BCUT2D eigenvalue weighted by molar-refractivity contribution is 7.91. The Hall–Kier alpha value is -4.24. The average Bonchev–Trinajstić information content (AvgIpc) is 3.53. The maximum Gasteiger partial charge on any atom is 0.352 e. The minimum atomic E-state index is -1.83. The van der Waals surface area contributed by atoms with E-state index in [4.69, 9.17) is 14.9 Å². The summed E-state index contributed by atoms with van der Waals surface area (Å²) in [5.74, 6) is 0.708. The maximum absolute atomic E-state index is 14.0. The van der Waals surface area contributed by atoms with Crippen LogP contribution in [0, 0.1) is 5.92 Å². The van der Waals surface area contributed by atoms with Crippen molar-refractivity contribution < 1.29 is 18.5 Å². The lowest BCUT2D eigenvalue weighted by Gasteiger charge is -2.34. The molecule has 0 radical (unpaired) electrons. The lowest BCUT2D eigenvalue weighted by molar-refractivity contribution is -0.117. The highest BCUT2D eigenvalue weighted by Gasteiger charge is 2.27. The molecule has 4 N–H and O–H groups in total. The minimum absolute atomic E-state index is 0.0566. The topological polar surface area (TPSA) is 171 Å². The lowest BCUT2D eigenvalue weighted by atomic mass is 10.0. The summed E-state index contributed by atoms with van der Waals surface area (Å²) in [6.07, 6.45) is 8.54. The molecule has 1 aromatic carbocycles. The Labute approximate surface area is 259 Å². The zero-order valence-electron chi connectivity index (χ0n) is 25.0. The summed E-state index contributed by atoms with van der Waals surface area (Å²) in [7, 11) is 2.08. The molecule has 0 spiro atoms. The van der Waals surface area contributed by atoms with Gasteiger partial charge in [0.15, 0.2) is 10.7 Å². The van der Waals surface area contributed by atoms with Gasteiger partial charge in [-0.2, -0.15) is 4.98 Å². The van der Waals surface area contributed by atoms with Crippen LogP contribution in [0.3, 0.4) is 0 Å². The molecule has 44 heavy (non-hydrogen) atoms. The summed E-state index contributed by atoms with van der Waals surface area (Å²) in [4.78, 5) is 35.2. The molecule has 13 nitrogen and oxygen atoms in total. The number of anilines is 4. The number of nitrogens with two attached hydrogens (primary N) is 1. The molecule has 232 valence electrons. The first-order chi connectivity index (χ1) is 21.2. The van der Waals surface area contributed by atoms with Crippen molar-refractivity contribution in [1.82, 2.24) is 24.8 Å². The Bertz CT molecular complexity index is 1520. The van der Waals surface area contributed by atoms with Crippen LogP contribution in [0.25, 0.3) is 0 Å². The molecule has 1 aliphatic rings. The van der Waals surface area contributed by atoms with Crippen LogP contribution in [-0.4, -0.2) is 74.6 Å². The van der Waals surface area contributed by atoms with E-state index in [0.29, 0.717) is 45.8 Å². The van der Waals surface area contributed by atoms with E-state index < -0.39 is 17.2 Å². The van der Waals surface area contributed by atoms with Crippen molar-refractivity contribution in [1.29, 1.82) is 0 Å². The normalized spacial score (nSPS) is 15.2. The van der Waals surface area contributed by atoms with Gasteiger partial charge in [-0.3, -0.25) is 4.79 Å². The number of rotatable bonds is 12. The quantitative estimate of drug-likeness (QED) is 0.156. The van der Waals surface area contributed by atoms with E-state index >= 15 is 0 Å². The number of furan rings is 1. The van der Waals surface area contributed by atoms with Gasteiger partial charge in [-0.1, -0.05) is 13.8 Å². The molecule has 3 aromatic heterocycles. The molecule has 1 aliphatic heterocycles. The van der Waals surface area contributed by atoms with Crippen LogP contribution in [-0.2, 0) is 22.6 Å². The summed E-state index contributed by atoms with van der Waals surface area (Å²) in [6.45, 7) is 7.38. The SMILES string of the molecule is CC(C)CC(N)C(=O)Nc1cc(Nc2ccoc2)cc([S+]([O-])c2ncc(N3CCN(C)CC3)c(OCc3ncccn3)n2)c1. The fourth-order valence-electron chi connectivity index (χ4n) is 4.65. The number of likely N-dealkylation sites (N-methyl/N-ethyl adjacent to an activating group) is 1. The number of ether oxygens (including phenoxy) is 1. The van der Waals surface area contributed by atoms with Crippen LogP contribution in [0.5, 0.6) is 5.88 Å². The summed E-state index contributed by atoms with van der Waals surface area (Å²) in [6, 6.07) is 7.87. The van der Waals surface area contributed by atoms with Gasteiger partial charge < -0.3 is 39.9 Å². The molecule has 0 bridgehead atoms. The minimum Gasteiger partial charge on any atom is -0.604 e. The molecule has 1 fully saturated rings. The number of carbonyl (C=O) groups excluding carboxylic acids is 1. The van der Waals surface area contributed by atoms with Crippen molar-refractivity contribution >= 4 is 39.8 Å². The van der Waals surface area contributed by atoms with E-state index in [2.05, 4.69) is 47.4 Å². The van der Waals surface area contributed by atoms with Crippen LogP contribution in [0.15, 0.2) is 75.9 Å². The highest BCUT2D eigenvalue weighted by atomic mass is 32.2. The summed E-state index contributed by atoms with van der Waals surface area (Å²) < 4.78 is 25.2. The number of nitrogens with zero attached hydrogens (tertiary/aromatic N) is 6. The maximum atomic E-state index is 14.0. The van der Waals surface area contributed by atoms with Gasteiger partial charge in [-0.15, -0.1) is 4.98 Å². The number of aromatic nitrogens is 4. The second kappa shape index (κ2) is 14.5. The predicted molar refractivity (Wildman–Crippen MR) is 167 cm³/mol. The molecule has 0 aliphatic carbocycles. The Morgan fingerprint density at radius 1 is 1.11 bits per heavy atom.